The fourth-order valence-electron chi connectivity index (χ4n) is 1.85. The lowest BCUT2D eigenvalue weighted by molar-refractivity contribution is -0.266. The number of aliphatic hydroxyl groups is 1. The molecule has 0 aromatic carbocycles. The average Bonchev–Trinajstić information content (AvgIpc) is 2.67. The van der Waals surface area contributed by atoms with Gasteiger partial charge in [0.15, 0.2) is 6.79 Å². The first-order chi connectivity index (χ1) is 7.22. The van der Waals surface area contributed by atoms with Gasteiger partial charge in [0, 0.05) is 14.2 Å². The zero-order valence-corrected chi connectivity index (χ0v) is 8.73. The van der Waals surface area contributed by atoms with Crippen LogP contribution in [0.25, 0.3) is 0 Å². The summed E-state index contributed by atoms with van der Waals surface area (Å²) in [6.07, 6.45) is 5.09. The number of hydrogen-bond acceptors (Lipinski definition) is 5. The van der Waals surface area contributed by atoms with Crippen LogP contribution in [0.3, 0.4) is 0 Å². The van der Waals surface area contributed by atoms with E-state index in [-0.39, 0.29) is 13.4 Å². The maximum atomic E-state index is 9.07. The van der Waals surface area contributed by atoms with E-state index in [2.05, 4.69) is 0 Å². The number of hydrogen-bond donors (Lipinski definition) is 1. The van der Waals surface area contributed by atoms with Gasteiger partial charge in [-0.3, -0.25) is 0 Å². The lowest BCUT2D eigenvalue weighted by Crippen LogP contribution is -2.53. The van der Waals surface area contributed by atoms with Crippen LogP contribution in [0.4, 0.5) is 0 Å². The van der Waals surface area contributed by atoms with Crippen molar-refractivity contribution in [3.63, 3.8) is 0 Å². The van der Waals surface area contributed by atoms with E-state index >= 15 is 0 Å². The molecule has 2 rings (SSSR count). The van der Waals surface area contributed by atoms with Crippen LogP contribution in [-0.4, -0.2) is 44.3 Å². The highest BCUT2D eigenvalue weighted by atomic mass is 16.9. The van der Waals surface area contributed by atoms with Crippen LogP contribution in [0.1, 0.15) is 0 Å². The summed E-state index contributed by atoms with van der Waals surface area (Å²) in [7, 11) is 3.03. The van der Waals surface area contributed by atoms with E-state index in [1.165, 1.54) is 14.2 Å². The third kappa shape index (κ3) is 1.36. The van der Waals surface area contributed by atoms with Crippen LogP contribution >= 0.6 is 0 Å². The predicted octanol–water partition coefficient (Wildman–Crippen LogP) is 0.165. The van der Waals surface area contributed by atoms with Crippen molar-refractivity contribution in [1.82, 2.24) is 0 Å². The van der Waals surface area contributed by atoms with Gasteiger partial charge in [-0.2, -0.15) is 0 Å². The normalized spacial score (nSPS) is 39.0. The van der Waals surface area contributed by atoms with Crippen LogP contribution in [0.5, 0.6) is 0 Å². The fourth-order valence-corrected chi connectivity index (χ4v) is 1.85. The molecule has 1 aliphatic heterocycles. The second-order valence-corrected chi connectivity index (χ2v) is 3.36. The Hall–Kier alpha value is -0.720. The highest BCUT2D eigenvalue weighted by molar-refractivity contribution is 5.33. The predicted molar refractivity (Wildman–Crippen MR) is 50.8 cm³/mol. The molecule has 2 aliphatic rings. The van der Waals surface area contributed by atoms with Crippen molar-refractivity contribution in [2.24, 2.45) is 0 Å². The topological polar surface area (TPSA) is 57.2 Å². The Morgan fingerprint density at radius 2 is 2.00 bits per heavy atom. The van der Waals surface area contributed by atoms with Crippen LogP contribution in [-0.2, 0) is 18.9 Å². The van der Waals surface area contributed by atoms with Gasteiger partial charge in [-0.1, -0.05) is 6.08 Å². The minimum atomic E-state index is -1.10. The molecule has 0 aromatic heterocycles. The molecule has 5 nitrogen and oxygen atoms in total. The maximum Gasteiger partial charge on any atom is 0.250 e. The first-order valence-corrected chi connectivity index (χ1v) is 4.62. The monoisotopic (exact) mass is 214 g/mol. The molecule has 0 saturated carbocycles. The summed E-state index contributed by atoms with van der Waals surface area (Å²) in [5, 5.41) is 9.07. The zero-order valence-electron chi connectivity index (χ0n) is 8.73. The summed E-state index contributed by atoms with van der Waals surface area (Å²) in [5.74, 6) is -2.16. The standard InChI is InChI=1S/C10H14O5/c1-12-9-4-3-8(6-11)5-10(9,13-2)15-7-14-9/h3-5,11H,6-7H2,1-2H3. The lowest BCUT2D eigenvalue weighted by Gasteiger charge is -2.38. The second kappa shape index (κ2) is 3.70. The summed E-state index contributed by atoms with van der Waals surface area (Å²) in [6, 6.07) is 0. The van der Waals surface area contributed by atoms with Gasteiger partial charge in [0.1, 0.15) is 0 Å². The summed E-state index contributed by atoms with van der Waals surface area (Å²) in [6.45, 7) is 0.00595. The van der Waals surface area contributed by atoms with E-state index in [1.807, 2.05) is 0 Å². The van der Waals surface area contributed by atoms with Crippen molar-refractivity contribution in [3.05, 3.63) is 23.8 Å². The Bertz CT molecular complexity index is 311. The third-order valence-corrected chi connectivity index (χ3v) is 2.71. The minimum Gasteiger partial charge on any atom is -0.392 e. The van der Waals surface area contributed by atoms with E-state index in [9.17, 15) is 0 Å². The molecule has 0 bridgehead atoms. The van der Waals surface area contributed by atoms with Crippen molar-refractivity contribution in [2.75, 3.05) is 27.6 Å². The molecule has 5 heteroatoms. The average molecular weight is 214 g/mol. The van der Waals surface area contributed by atoms with Crippen LogP contribution in [0.2, 0.25) is 0 Å². The van der Waals surface area contributed by atoms with Gasteiger partial charge in [-0.25, -0.2) is 0 Å². The van der Waals surface area contributed by atoms with Crippen molar-refractivity contribution in [1.29, 1.82) is 0 Å². The van der Waals surface area contributed by atoms with Crippen LogP contribution in [0, 0.1) is 0 Å². The smallest absolute Gasteiger partial charge is 0.250 e. The zero-order chi connectivity index (χ0) is 10.9. The summed E-state index contributed by atoms with van der Waals surface area (Å²) < 4.78 is 21.4. The van der Waals surface area contributed by atoms with Crippen LogP contribution < -0.4 is 0 Å². The van der Waals surface area contributed by atoms with Crippen molar-refractivity contribution >= 4 is 0 Å². The first-order valence-electron chi connectivity index (χ1n) is 4.62. The Morgan fingerprint density at radius 3 is 2.60 bits per heavy atom. The maximum absolute atomic E-state index is 9.07. The second-order valence-electron chi connectivity index (χ2n) is 3.36. The molecule has 2 atom stereocenters. The fraction of sp³-hybridized carbons (Fsp3) is 0.600. The van der Waals surface area contributed by atoms with E-state index < -0.39 is 11.6 Å². The lowest BCUT2D eigenvalue weighted by atomic mass is 9.95. The Morgan fingerprint density at radius 1 is 1.33 bits per heavy atom. The van der Waals surface area contributed by atoms with E-state index in [1.54, 1.807) is 18.2 Å². The summed E-state index contributed by atoms with van der Waals surface area (Å²) in [4.78, 5) is 0. The third-order valence-electron chi connectivity index (χ3n) is 2.71. The number of aliphatic hydroxyl groups excluding tert-OH is 1. The SMILES string of the molecule is COC12C=CC(CO)=CC1(OC)OCO2. The van der Waals surface area contributed by atoms with Gasteiger partial charge in [0.2, 0.25) is 5.79 Å². The number of fused-ring (bicyclic) bond motifs is 1. The van der Waals surface area contributed by atoms with Crippen molar-refractivity contribution < 1.29 is 24.1 Å². The van der Waals surface area contributed by atoms with Gasteiger partial charge in [0.05, 0.1) is 6.61 Å². The number of ether oxygens (including phenoxy) is 4. The highest BCUT2D eigenvalue weighted by Gasteiger charge is 2.58. The molecule has 0 spiro atoms. The first kappa shape index (κ1) is 10.8. The number of methoxy groups -OCH3 is 2. The highest BCUT2D eigenvalue weighted by Crippen LogP contribution is 2.42. The summed E-state index contributed by atoms with van der Waals surface area (Å²) >= 11 is 0. The van der Waals surface area contributed by atoms with Gasteiger partial charge < -0.3 is 24.1 Å². The van der Waals surface area contributed by atoms with Crippen molar-refractivity contribution in [3.8, 4) is 0 Å². The summed E-state index contributed by atoms with van der Waals surface area (Å²) in [5.41, 5.74) is 0.704. The van der Waals surface area contributed by atoms with Crippen molar-refractivity contribution in [2.45, 2.75) is 11.6 Å². The van der Waals surface area contributed by atoms with E-state index in [0.29, 0.717) is 5.57 Å². The molecular formula is C10H14O5. The molecule has 1 heterocycles. The van der Waals surface area contributed by atoms with E-state index in [0.717, 1.165) is 0 Å². The minimum absolute atomic E-state index is 0.0786. The Labute approximate surface area is 87.9 Å². The van der Waals surface area contributed by atoms with Gasteiger partial charge in [-0.15, -0.1) is 0 Å². The number of rotatable bonds is 3. The molecule has 2 unspecified atom stereocenters. The van der Waals surface area contributed by atoms with Gasteiger partial charge >= 0.3 is 0 Å². The Balaban J connectivity index is 2.42. The molecule has 0 radical (unpaired) electrons. The molecule has 1 N–H and O–H groups in total. The molecule has 1 fully saturated rings. The molecule has 0 aromatic rings. The van der Waals surface area contributed by atoms with Gasteiger partial charge in [-0.05, 0) is 17.7 Å². The Kier molecular flexibility index (Phi) is 2.66. The molecule has 1 saturated heterocycles. The molecule has 15 heavy (non-hydrogen) atoms. The largest absolute Gasteiger partial charge is 0.392 e. The molecule has 0 amide bonds. The van der Waals surface area contributed by atoms with Gasteiger partial charge in [0.25, 0.3) is 5.79 Å². The molecular weight excluding hydrogens is 200 g/mol. The van der Waals surface area contributed by atoms with Crippen LogP contribution in [0.15, 0.2) is 23.8 Å². The molecule has 1 aliphatic carbocycles. The van der Waals surface area contributed by atoms with E-state index in [4.69, 9.17) is 24.1 Å². The molecule has 84 valence electrons. The quantitative estimate of drug-likeness (QED) is 0.725.